The van der Waals surface area contributed by atoms with Crippen LogP contribution in [-0.4, -0.2) is 24.3 Å². The topological polar surface area (TPSA) is 64.6 Å². The van der Waals surface area contributed by atoms with Crippen molar-refractivity contribution >= 4 is 12.1 Å². The van der Waals surface area contributed by atoms with Gasteiger partial charge < -0.3 is 9.47 Å². The maximum Gasteiger partial charge on any atom is 0.411 e. The van der Waals surface area contributed by atoms with E-state index in [2.05, 4.69) is 5.32 Å². The quantitative estimate of drug-likeness (QED) is 0.457. The van der Waals surface area contributed by atoms with Gasteiger partial charge in [0.05, 0.1) is 6.61 Å². The zero-order valence-corrected chi connectivity index (χ0v) is 10.9. The van der Waals surface area contributed by atoms with Crippen molar-refractivity contribution in [1.29, 1.82) is 0 Å². The Morgan fingerprint density at radius 3 is 2.47 bits per heavy atom. The Morgan fingerprint density at radius 2 is 1.94 bits per heavy atom. The van der Waals surface area contributed by atoms with E-state index in [1.165, 1.54) is 6.20 Å². The third-order valence-corrected chi connectivity index (χ3v) is 1.56. The molecule has 0 radical (unpaired) electrons. The Bertz CT molecular complexity index is 279. The number of rotatable bonds is 5. The first-order valence-corrected chi connectivity index (χ1v) is 5.68. The fourth-order valence-corrected chi connectivity index (χ4v) is 0.851. The van der Waals surface area contributed by atoms with Gasteiger partial charge in [0, 0.05) is 12.3 Å². The number of carbonyl (C=O) groups excluding carboxylic acids is 2. The monoisotopic (exact) mass is 243 g/mol. The third kappa shape index (κ3) is 10.8. The first-order valence-electron chi connectivity index (χ1n) is 5.68. The van der Waals surface area contributed by atoms with Crippen molar-refractivity contribution in [2.24, 2.45) is 0 Å². The molecule has 0 spiro atoms. The lowest BCUT2D eigenvalue weighted by molar-refractivity contribution is -0.137. The number of nitrogens with one attached hydrogen (secondary N) is 1. The van der Waals surface area contributed by atoms with Crippen LogP contribution in [0.4, 0.5) is 4.79 Å². The van der Waals surface area contributed by atoms with E-state index < -0.39 is 17.7 Å². The second-order valence-electron chi connectivity index (χ2n) is 4.50. The zero-order valence-electron chi connectivity index (χ0n) is 10.9. The molecule has 0 heterocycles. The van der Waals surface area contributed by atoms with Crippen LogP contribution in [0.2, 0.25) is 0 Å². The summed E-state index contributed by atoms with van der Waals surface area (Å²) in [5, 5.41) is 2.32. The van der Waals surface area contributed by atoms with Gasteiger partial charge in [-0.05, 0) is 27.2 Å². The van der Waals surface area contributed by atoms with Gasteiger partial charge in [-0.3, -0.25) is 5.32 Å². The molecular formula is C12H21NO4. The summed E-state index contributed by atoms with van der Waals surface area (Å²) in [6.07, 6.45) is 3.56. The molecule has 0 aromatic heterocycles. The average molecular weight is 243 g/mol. The van der Waals surface area contributed by atoms with E-state index >= 15 is 0 Å². The maximum atomic E-state index is 11.2. The second-order valence-corrected chi connectivity index (χ2v) is 4.50. The van der Waals surface area contributed by atoms with Gasteiger partial charge in [0.25, 0.3) is 0 Å². The number of alkyl carbamates (subject to hydrolysis) is 1. The molecule has 1 amide bonds. The van der Waals surface area contributed by atoms with E-state index in [9.17, 15) is 9.59 Å². The van der Waals surface area contributed by atoms with E-state index in [1.807, 2.05) is 6.92 Å². The van der Waals surface area contributed by atoms with Crippen LogP contribution in [0.25, 0.3) is 0 Å². The summed E-state index contributed by atoms with van der Waals surface area (Å²) in [6.45, 7) is 7.68. The minimum atomic E-state index is -0.602. The summed E-state index contributed by atoms with van der Waals surface area (Å²) in [7, 11) is 0. The van der Waals surface area contributed by atoms with Crippen LogP contribution in [-0.2, 0) is 14.3 Å². The zero-order chi connectivity index (χ0) is 13.3. The fourth-order valence-electron chi connectivity index (χ4n) is 0.851. The molecule has 0 fully saturated rings. The van der Waals surface area contributed by atoms with Crippen LogP contribution in [0.3, 0.4) is 0 Å². The Kier molecular flexibility index (Phi) is 7.02. The second kappa shape index (κ2) is 7.70. The van der Waals surface area contributed by atoms with Gasteiger partial charge in [-0.1, -0.05) is 13.3 Å². The smallest absolute Gasteiger partial charge is 0.411 e. The Labute approximate surface area is 102 Å². The van der Waals surface area contributed by atoms with Gasteiger partial charge in [-0.2, -0.15) is 0 Å². The van der Waals surface area contributed by atoms with Gasteiger partial charge in [0.2, 0.25) is 0 Å². The van der Waals surface area contributed by atoms with Gasteiger partial charge >= 0.3 is 12.1 Å². The Balaban J connectivity index is 3.79. The number of hydrogen-bond donors (Lipinski definition) is 1. The number of unbranched alkanes of at least 4 members (excludes halogenated alkanes) is 1. The summed E-state index contributed by atoms with van der Waals surface area (Å²) in [6, 6.07) is 0. The molecule has 0 aromatic carbocycles. The normalized spacial score (nSPS) is 11.3. The lowest BCUT2D eigenvalue weighted by Gasteiger charge is -2.18. The van der Waals surface area contributed by atoms with Gasteiger partial charge in [0.1, 0.15) is 5.60 Å². The van der Waals surface area contributed by atoms with Crippen molar-refractivity contribution in [3.63, 3.8) is 0 Å². The fraction of sp³-hybridized carbons (Fsp3) is 0.667. The van der Waals surface area contributed by atoms with Crippen molar-refractivity contribution in [2.75, 3.05) is 6.61 Å². The molecule has 0 aliphatic rings. The molecule has 0 rings (SSSR count). The minimum absolute atomic E-state index is 0.395. The number of ether oxygens (including phenoxy) is 2. The van der Waals surface area contributed by atoms with Crippen LogP contribution >= 0.6 is 0 Å². The molecule has 0 aromatic rings. The van der Waals surface area contributed by atoms with Crippen LogP contribution in [0, 0.1) is 0 Å². The molecule has 0 aliphatic carbocycles. The van der Waals surface area contributed by atoms with Crippen LogP contribution in [0.1, 0.15) is 40.5 Å². The minimum Gasteiger partial charge on any atom is -0.462 e. The molecule has 5 nitrogen and oxygen atoms in total. The predicted molar refractivity (Wildman–Crippen MR) is 64.4 cm³/mol. The van der Waals surface area contributed by atoms with Gasteiger partial charge in [-0.15, -0.1) is 0 Å². The SMILES string of the molecule is CCCCOC(=O)/C=C\NC(=O)OC(C)(C)C. The molecule has 0 saturated heterocycles. The number of amides is 1. The van der Waals surface area contributed by atoms with E-state index in [0.29, 0.717) is 6.61 Å². The Morgan fingerprint density at radius 1 is 1.29 bits per heavy atom. The summed E-state index contributed by atoms with van der Waals surface area (Å²) < 4.78 is 9.81. The molecule has 0 atom stereocenters. The lowest BCUT2D eigenvalue weighted by atomic mass is 10.2. The Hall–Kier alpha value is -1.52. The molecule has 17 heavy (non-hydrogen) atoms. The number of carbonyl (C=O) groups is 2. The van der Waals surface area contributed by atoms with Crippen LogP contribution in [0.5, 0.6) is 0 Å². The van der Waals surface area contributed by atoms with E-state index in [4.69, 9.17) is 9.47 Å². The molecule has 0 unspecified atom stereocenters. The van der Waals surface area contributed by atoms with Crippen molar-refractivity contribution in [3.05, 3.63) is 12.3 Å². The molecule has 98 valence electrons. The summed E-state index contributed by atoms with van der Waals surface area (Å²) in [5.41, 5.74) is -0.556. The highest BCUT2D eigenvalue weighted by Crippen LogP contribution is 2.06. The largest absolute Gasteiger partial charge is 0.462 e. The van der Waals surface area contributed by atoms with Gasteiger partial charge in [-0.25, -0.2) is 9.59 Å². The van der Waals surface area contributed by atoms with E-state index in [0.717, 1.165) is 18.9 Å². The van der Waals surface area contributed by atoms with Crippen molar-refractivity contribution in [3.8, 4) is 0 Å². The molecule has 1 N–H and O–H groups in total. The molecule has 0 saturated carbocycles. The summed E-state index contributed by atoms with van der Waals surface area (Å²) in [4.78, 5) is 22.2. The van der Waals surface area contributed by atoms with E-state index in [1.54, 1.807) is 20.8 Å². The predicted octanol–water partition coefficient (Wildman–Crippen LogP) is 2.37. The highest BCUT2D eigenvalue weighted by atomic mass is 16.6. The average Bonchev–Trinajstić information content (AvgIpc) is 2.15. The highest BCUT2D eigenvalue weighted by Gasteiger charge is 2.14. The molecule has 5 heteroatoms. The first kappa shape index (κ1) is 15.5. The number of hydrogen-bond acceptors (Lipinski definition) is 4. The molecule has 0 aliphatic heterocycles. The van der Waals surface area contributed by atoms with Crippen molar-refractivity contribution in [2.45, 2.75) is 46.1 Å². The summed E-state index contributed by atoms with van der Waals surface area (Å²) >= 11 is 0. The van der Waals surface area contributed by atoms with Crippen molar-refractivity contribution < 1.29 is 19.1 Å². The maximum absolute atomic E-state index is 11.2. The third-order valence-electron chi connectivity index (χ3n) is 1.56. The van der Waals surface area contributed by atoms with Gasteiger partial charge in [0.15, 0.2) is 0 Å². The molecular weight excluding hydrogens is 222 g/mol. The van der Waals surface area contributed by atoms with Crippen LogP contribution in [0.15, 0.2) is 12.3 Å². The van der Waals surface area contributed by atoms with Crippen LogP contribution < -0.4 is 5.32 Å². The standard InChI is InChI=1S/C12H21NO4/c1-5-6-9-16-10(14)7-8-13-11(15)17-12(2,3)4/h7-8H,5-6,9H2,1-4H3,(H,13,15)/b8-7-. The summed E-state index contributed by atoms with van der Waals surface area (Å²) in [5.74, 6) is -0.477. The number of esters is 1. The first-order chi connectivity index (χ1) is 7.85. The highest BCUT2D eigenvalue weighted by molar-refractivity contribution is 5.82. The molecule has 0 bridgehead atoms. The van der Waals surface area contributed by atoms with E-state index in [-0.39, 0.29) is 0 Å². The lowest BCUT2D eigenvalue weighted by Crippen LogP contribution is -2.29. The van der Waals surface area contributed by atoms with Crippen molar-refractivity contribution in [1.82, 2.24) is 5.32 Å².